The molecule has 0 unspecified atom stereocenters. The van der Waals surface area contributed by atoms with E-state index < -0.39 is 10.1 Å². The van der Waals surface area contributed by atoms with E-state index in [1.807, 2.05) is 0 Å². The first-order chi connectivity index (χ1) is 8.47. The summed E-state index contributed by atoms with van der Waals surface area (Å²) in [7, 11) is -4.32. The van der Waals surface area contributed by atoms with E-state index in [0.29, 0.717) is 11.6 Å². The summed E-state index contributed by atoms with van der Waals surface area (Å²) in [6, 6.07) is 3.95. The van der Waals surface area contributed by atoms with Crippen molar-refractivity contribution < 1.29 is 13.0 Å². The third-order valence-corrected chi connectivity index (χ3v) is 3.30. The molecule has 0 aliphatic heterocycles. The van der Waals surface area contributed by atoms with Crippen LogP contribution in [-0.4, -0.2) is 27.9 Å². The monoisotopic (exact) mass is 286 g/mol. The molecule has 1 aromatic heterocycles. The van der Waals surface area contributed by atoms with Crippen LogP contribution in [0.1, 0.15) is 0 Å². The molecule has 0 aliphatic carbocycles. The van der Waals surface area contributed by atoms with Crippen LogP contribution in [0.25, 0.3) is 0 Å². The third-order valence-electron chi connectivity index (χ3n) is 1.96. The van der Waals surface area contributed by atoms with Gasteiger partial charge in [-0.2, -0.15) is 8.42 Å². The molecule has 1 heterocycles. The SMILES string of the molecule is O=S(=O)(O)c1ccc(Nc2ncncn2)cc1Cl. The maximum Gasteiger partial charge on any atom is 0.296 e. The van der Waals surface area contributed by atoms with Gasteiger partial charge in [-0.05, 0) is 18.2 Å². The molecule has 2 rings (SSSR count). The van der Waals surface area contributed by atoms with Crippen LogP contribution in [-0.2, 0) is 10.1 Å². The normalized spacial score (nSPS) is 11.2. The standard InChI is InChI=1S/C9H7ClN4O3S/c10-7-3-6(1-2-8(7)18(15,16)17)14-9-12-4-11-5-13-9/h1-5H,(H,15,16,17)(H,11,12,13,14). The molecule has 7 nitrogen and oxygen atoms in total. The summed E-state index contributed by atoms with van der Waals surface area (Å²) >= 11 is 5.75. The summed E-state index contributed by atoms with van der Waals surface area (Å²) in [5, 5.41) is 2.70. The Balaban J connectivity index is 2.30. The van der Waals surface area contributed by atoms with E-state index in [-0.39, 0.29) is 9.92 Å². The minimum Gasteiger partial charge on any atom is -0.324 e. The van der Waals surface area contributed by atoms with E-state index in [1.54, 1.807) is 0 Å². The Kier molecular flexibility index (Phi) is 3.41. The van der Waals surface area contributed by atoms with Crippen LogP contribution < -0.4 is 5.32 Å². The molecular weight excluding hydrogens is 280 g/mol. The molecule has 2 N–H and O–H groups in total. The van der Waals surface area contributed by atoms with Crippen molar-refractivity contribution in [3.63, 3.8) is 0 Å². The molecule has 0 fully saturated rings. The largest absolute Gasteiger partial charge is 0.324 e. The Morgan fingerprint density at radius 3 is 2.44 bits per heavy atom. The molecule has 0 aliphatic rings. The number of aromatic nitrogens is 3. The number of hydrogen-bond acceptors (Lipinski definition) is 6. The van der Waals surface area contributed by atoms with Crippen LogP contribution in [0.5, 0.6) is 0 Å². The lowest BCUT2D eigenvalue weighted by atomic mass is 10.3. The van der Waals surface area contributed by atoms with Gasteiger partial charge in [0, 0.05) is 5.69 Å². The lowest BCUT2D eigenvalue weighted by Gasteiger charge is -2.06. The minimum absolute atomic E-state index is 0.100. The van der Waals surface area contributed by atoms with Crippen molar-refractivity contribution >= 4 is 33.4 Å². The number of hydrogen-bond donors (Lipinski definition) is 2. The Labute approximate surface area is 108 Å². The second-order valence-corrected chi connectivity index (χ2v) is 5.00. The maximum absolute atomic E-state index is 10.9. The molecule has 0 bridgehead atoms. The van der Waals surface area contributed by atoms with Gasteiger partial charge in [-0.1, -0.05) is 11.6 Å². The molecule has 9 heteroatoms. The predicted octanol–water partition coefficient (Wildman–Crippen LogP) is 1.52. The van der Waals surface area contributed by atoms with Crippen molar-refractivity contribution in [2.75, 3.05) is 5.32 Å². The maximum atomic E-state index is 10.9. The predicted molar refractivity (Wildman–Crippen MR) is 64.4 cm³/mol. The fraction of sp³-hybridized carbons (Fsp3) is 0. The Morgan fingerprint density at radius 1 is 1.22 bits per heavy atom. The lowest BCUT2D eigenvalue weighted by molar-refractivity contribution is 0.483. The summed E-state index contributed by atoms with van der Waals surface area (Å²) in [5.41, 5.74) is 0.485. The minimum atomic E-state index is -4.32. The number of nitrogens with zero attached hydrogens (tertiary/aromatic N) is 3. The molecule has 0 spiro atoms. The number of anilines is 2. The van der Waals surface area contributed by atoms with E-state index in [1.165, 1.54) is 30.9 Å². The van der Waals surface area contributed by atoms with Crippen LogP contribution in [0, 0.1) is 0 Å². The van der Waals surface area contributed by atoms with Gasteiger partial charge in [0.2, 0.25) is 5.95 Å². The zero-order chi connectivity index (χ0) is 13.2. The second-order valence-electron chi connectivity index (χ2n) is 3.21. The van der Waals surface area contributed by atoms with Crippen LogP contribution in [0.4, 0.5) is 11.6 Å². The van der Waals surface area contributed by atoms with Gasteiger partial charge in [0.1, 0.15) is 17.6 Å². The molecule has 1 aromatic carbocycles. The number of halogens is 1. The summed E-state index contributed by atoms with van der Waals surface area (Å²) in [5.74, 6) is 0.292. The molecule has 2 aromatic rings. The van der Waals surface area contributed by atoms with E-state index in [0.717, 1.165) is 0 Å². The van der Waals surface area contributed by atoms with Gasteiger partial charge in [-0.3, -0.25) is 4.55 Å². The van der Waals surface area contributed by atoms with Gasteiger partial charge in [-0.15, -0.1) is 0 Å². The van der Waals surface area contributed by atoms with Gasteiger partial charge in [-0.25, -0.2) is 15.0 Å². The van der Waals surface area contributed by atoms with Crippen molar-refractivity contribution in [3.05, 3.63) is 35.9 Å². The van der Waals surface area contributed by atoms with E-state index in [4.69, 9.17) is 16.2 Å². The lowest BCUT2D eigenvalue weighted by Crippen LogP contribution is -2.01. The number of rotatable bonds is 3. The third kappa shape index (κ3) is 2.92. The first kappa shape index (κ1) is 12.7. The molecule has 0 saturated carbocycles. The molecule has 0 amide bonds. The van der Waals surface area contributed by atoms with Gasteiger partial charge in [0.05, 0.1) is 5.02 Å². The molecule has 0 saturated heterocycles. The average molecular weight is 287 g/mol. The van der Waals surface area contributed by atoms with Crippen molar-refractivity contribution in [1.82, 2.24) is 15.0 Å². The topological polar surface area (TPSA) is 105 Å². The number of benzene rings is 1. The van der Waals surface area contributed by atoms with E-state index in [2.05, 4.69) is 20.3 Å². The average Bonchev–Trinajstić information content (AvgIpc) is 2.28. The summed E-state index contributed by atoms with van der Waals surface area (Å²) < 4.78 is 30.8. The van der Waals surface area contributed by atoms with Crippen LogP contribution >= 0.6 is 11.6 Å². The number of nitrogens with one attached hydrogen (secondary N) is 1. The second kappa shape index (κ2) is 4.84. The quantitative estimate of drug-likeness (QED) is 0.824. The van der Waals surface area contributed by atoms with Gasteiger partial charge in [0.15, 0.2) is 0 Å². The van der Waals surface area contributed by atoms with Crippen LogP contribution in [0.2, 0.25) is 5.02 Å². The Hall–Kier alpha value is -1.77. The zero-order valence-corrected chi connectivity index (χ0v) is 10.4. The molecule has 0 atom stereocenters. The van der Waals surface area contributed by atoms with Crippen molar-refractivity contribution in [3.8, 4) is 0 Å². The van der Waals surface area contributed by atoms with Crippen molar-refractivity contribution in [1.29, 1.82) is 0 Å². The van der Waals surface area contributed by atoms with E-state index in [9.17, 15) is 8.42 Å². The molecule has 94 valence electrons. The van der Waals surface area contributed by atoms with Crippen LogP contribution in [0.3, 0.4) is 0 Å². The van der Waals surface area contributed by atoms with Crippen molar-refractivity contribution in [2.45, 2.75) is 4.90 Å². The molecule has 0 radical (unpaired) electrons. The Morgan fingerprint density at radius 2 is 1.89 bits per heavy atom. The molecule has 18 heavy (non-hydrogen) atoms. The fourth-order valence-electron chi connectivity index (χ4n) is 1.22. The highest BCUT2D eigenvalue weighted by molar-refractivity contribution is 7.86. The van der Waals surface area contributed by atoms with Crippen LogP contribution in [0.15, 0.2) is 35.7 Å². The highest BCUT2D eigenvalue weighted by atomic mass is 35.5. The Bertz CT molecular complexity index is 663. The highest BCUT2D eigenvalue weighted by Crippen LogP contribution is 2.25. The van der Waals surface area contributed by atoms with Gasteiger partial charge >= 0.3 is 0 Å². The smallest absolute Gasteiger partial charge is 0.296 e. The first-order valence-electron chi connectivity index (χ1n) is 4.63. The molecular formula is C9H7ClN4O3S. The summed E-state index contributed by atoms with van der Waals surface area (Å²) in [6.07, 6.45) is 2.62. The van der Waals surface area contributed by atoms with Gasteiger partial charge < -0.3 is 5.32 Å². The zero-order valence-electron chi connectivity index (χ0n) is 8.78. The van der Waals surface area contributed by atoms with Gasteiger partial charge in [0.25, 0.3) is 10.1 Å². The first-order valence-corrected chi connectivity index (χ1v) is 6.45. The fourth-order valence-corrected chi connectivity index (χ4v) is 2.24. The van der Waals surface area contributed by atoms with E-state index >= 15 is 0 Å². The summed E-state index contributed by atoms with van der Waals surface area (Å²) in [4.78, 5) is 11.0. The highest BCUT2D eigenvalue weighted by Gasteiger charge is 2.14. The summed E-state index contributed by atoms with van der Waals surface area (Å²) in [6.45, 7) is 0. The van der Waals surface area contributed by atoms with Crippen molar-refractivity contribution in [2.24, 2.45) is 0 Å².